The standard InChI is InChI=1S/C14H12ClN3O3/c15-9-1-4-11(5-2-9)18-13(19)8-21-14(20)12-6-3-10(16)7-17-12/h1-7H,8,16H2,(H,18,19). The number of hydrogen-bond donors (Lipinski definition) is 2. The Kier molecular flexibility index (Phi) is 4.73. The highest BCUT2D eigenvalue weighted by atomic mass is 35.5. The Labute approximate surface area is 125 Å². The van der Waals surface area contributed by atoms with Crippen LogP contribution in [0.5, 0.6) is 0 Å². The molecule has 0 bridgehead atoms. The van der Waals surface area contributed by atoms with E-state index in [0.717, 1.165) is 0 Å². The second kappa shape index (κ2) is 6.71. The first kappa shape index (κ1) is 14.8. The van der Waals surface area contributed by atoms with Crippen molar-refractivity contribution < 1.29 is 14.3 Å². The van der Waals surface area contributed by atoms with Crippen molar-refractivity contribution in [1.29, 1.82) is 0 Å². The van der Waals surface area contributed by atoms with E-state index in [2.05, 4.69) is 10.3 Å². The van der Waals surface area contributed by atoms with Crippen LogP contribution in [-0.4, -0.2) is 23.5 Å². The first-order valence-electron chi connectivity index (χ1n) is 5.98. The van der Waals surface area contributed by atoms with Crippen LogP contribution in [0.2, 0.25) is 5.02 Å². The number of esters is 1. The first-order valence-corrected chi connectivity index (χ1v) is 6.36. The minimum Gasteiger partial charge on any atom is -0.451 e. The van der Waals surface area contributed by atoms with Gasteiger partial charge in [-0.15, -0.1) is 0 Å². The van der Waals surface area contributed by atoms with E-state index in [0.29, 0.717) is 16.4 Å². The Morgan fingerprint density at radius 3 is 2.52 bits per heavy atom. The van der Waals surface area contributed by atoms with E-state index in [1.165, 1.54) is 18.3 Å². The summed E-state index contributed by atoms with van der Waals surface area (Å²) in [7, 11) is 0. The summed E-state index contributed by atoms with van der Waals surface area (Å²) in [6.45, 7) is -0.409. The summed E-state index contributed by atoms with van der Waals surface area (Å²) in [5.74, 6) is -1.15. The molecule has 2 rings (SSSR count). The summed E-state index contributed by atoms with van der Waals surface area (Å²) < 4.78 is 4.85. The average molecular weight is 306 g/mol. The zero-order valence-corrected chi connectivity index (χ0v) is 11.6. The van der Waals surface area contributed by atoms with Crippen molar-refractivity contribution in [1.82, 2.24) is 4.98 Å². The predicted molar refractivity (Wildman–Crippen MR) is 79.0 cm³/mol. The fraction of sp³-hybridized carbons (Fsp3) is 0.0714. The first-order chi connectivity index (χ1) is 10.0. The molecule has 1 amide bonds. The topological polar surface area (TPSA) is 94.3 Å². The third-order valence-electron chi connectivity index (χ3n) is 2.46. The molecule has 0 atom stereocenters. The maximum Gasteiger partial charge on any atom is 0.357 e. The van der Waals surface area contributed by atoms with Crippen LogP contribution >= 0.6 is 11.6 Å². The van der Waals surface area contributed by atoms with Gasteiger partial charge in [0.1, 0.15) is 5.69 Å². The number of amides is 1. The normalized spacial score (nSPS) is 9.95. The maximum atomic E-state index is 11.6. The van der Waals surface area contributed by atoms with Crippen molar-refractivity contribution in [3.63, 3.8) is 0 Å². The van der Waals surface area contributed by atoms with Gasteiger partial charge in [0.2, 0.25) is 0 Å². The molecule has 1 heterocycles. The minimum atomic E-state index is -0.693. The summed E-state index contributed by atoms with van der Waals surface area (Å²) in [5.41, 5.74) is 6.54. The quantitative estimate of drug-likeness (QED) is 0.844. The fourth-order valence-electron chi connectivity index (χ4n) is 1.46. The number of rotatable bonds is 4. The maximum absolute atomic E-state index is 11.6. The number of halogens is 1. The molecule has 3 N–H and O–H groups in total. The molecule has 0 fully saturated rings. The van der Waals surface area contributed by atoms with Gasteiger partial charge in [-0.05, 0) is 36.4 Å². The van der Waals surface area contributed by atoms with Gasteiger partial charge in [0.15, 0.2) is 6.61 Å². The zero-order chi connectivity index (χ0) is 15.2. The van der Waals surface area contributed by atoms with Crippen LogP contribution in [0.3, 0.4) is 0 Å². The zero-order valence-electron chi connectivity index (χ0n) is 10.9. The summed E-state index contributed by atoms with van der Waals surface area (Å²) in [4.78, 5) is 27.1. The number of aromatic nitrogens is 1. The van der Waals surface area contributed by atoms with E-state index in [4.69, 9.17) is 22.1 Å². The van der Waals surface area contributed by atoms with Crippen molar-refractivity contribution in [2.75, 3.05) is 17.7 Å². The van der Waals surface area contributed by atoms with Crippen molar-refractivity contribution in [3.05, 3.63) is 53.3 Å². The van der Waals surface area contributed by atoms with E-state index >= 15 is 0 Å². The summed E-state index contributed by atoms with van der Waals surface area (Å²) in [6, 6.07) is 9.52. The summed E-state index contributed by atoms with van der Waals surface area (Å²) in [5, 5.41) is 3.13. The van der Waals surface area contributed by atoms with Gasteiger partial charge in [-0.2, -0.15) is 0 Å². The van der Waals surface area contributed by atoms with Gasteiger partial charge in [0.05, 0.1) is 11.9 Å². The third kappa shape index (κ3) is 4.47. The second-order valence-corrected chi connectivity index (χ2v) is 4.54. The molecule has 0 aliphatic rings. The van der Waals surface area contributed by atoms with Crippen molar-refractivity contribution >= 4 is 34.9 Å². The second-order valence-electron chi connectivity index (χ2n) is 4.11. The number of carbonyl (C=O) groups excluding carboxylic acids is 2. The number of carbonyl (C=O) groups is 2. The van der Waals surface area contributed by atoms with Crippen LogP contribution in [0.15, 0.2) is 42.6 Å². The summed E-state index contributed by atoms with van der Waals surface area (Å²) >= 11 is 5.73. The molecule has 0 saturated heterocycles. The molecular formula is C14H12ClN3O3. The largest absolute Gasteiger partial charge is 0.451 e. The lowest BCUT2D eigenvalue weighted by Crippen LogP contribution is -2.21. The van der Waals surface area contributed by atoms with E-state index in [1.54, 1.807) is 24.3 Å². The number of hydrogen-bond acceptors (Lipinski definition) is 5. The van der Waals surface area contributed by atoms with Crippen molar-refractivity contribution in [2.45, 2.75) is 0 Å². The van der Waals surface area contributed by atoms with Crippen molar-refractivity contribution in [2.24, 2.45) is 0 Å². The number of benzene rings is 1. The van der Waals surface area contributed by atoms with Crippen LogP contribution in [0.4, 0.5) is 11.4 Å². The Morgan fingerprint density at radius 2 is 1.90 bits per heavy atom. The van der Waals surface area contributed by atoms with Crippen LogP contribution in [0, 0.1) is 0 Å². The Hall–Kier alpha value is -2.60. The molecule has 1 aromatic carbocycles. The molecule has 0 aliphatic heterocycles. The lowest BCUT2D eigenvalue weighted by molar-refractivity contribution is -0.119. The molecule has 0 aliphatic carbocycles. The molecule has 1 aromatic heterocycles. The molecule has 21 heavy (non-hydrogen) atoms. The number of pyridine rings is 1. The number of nitrogens with two attached hydrogens (primary N) is 1. The highest BCUT2D eigenvalue weighted by molar-refractivity contribution is 6.30. The van der Waals surface area contributed by atoms with Crippen LogP contribution < -0.4 is 11.1 Å². The number of nitrogens with one attached hydrogen (secondary N) is 1. The Morgan fingerprint density at radius 1 is 1.19 bits per heavy atom. The number of anilines is 2. The molecular weight excluding hydrogens is 294 g/mol. The minimum absolute atomic E-state index is 0.0866. The van der Waals surface area contributed by atoms with E-state index in [9.17, 15) is 9.59 Å². The smallest absolute Gasteiger partial charge is 0.357 e. The molecule has 0 radical (unpaired) electrons. The molecule has 7 heteroatoms. The van der Waals surface area contributed by atoms with Gasteiger partial charge in [-0.1, -0.05) is 11.6 Å². The SMILES string of the molecule is Nc1ccc(C(=O)OCC(=O)Nc2ccc(Cl)cc2)nc1. The summed E-state index contributed by atoms with van der Waals surface area (Å²) in [6.07, 6.45) is 1.34. The molecule has 0 spiro atoms. The highest BCUT2D eigenvalue weighted by Gasteiger charge is 2.11. The fourth-order valence-corrected chi connectivity index (χ4v) is 1.59. The van der Waals surface area contributed by atoms with E-state index in [-0.39, 0.29) is 5.69 Å². The lowest BCUT2D eigenvalue weighted by atomic mass is 10.3. The van der Waals surface area contributed by atoms with E-state index < -0.39 is 18.5 Å². The van der Waals surface area contributed by atoms with Gasteiger partial charge in [0, 0.05) is 10.7 Å². The lowest BCUT2D eigenvalue weighted by Gasteiger charge is -2.06. The van der Waals surface area contributed by atoms with E-state index in [1.807, 2.05) is 0 Å². The third-order valence-corrected chi connectivity index (χ3v) is 2.71. The van der Waals surface area contributed by atoms with Gasteiger partial charge < -0.3 is 15.8 Å². The van der Waals surface area contributed by atoms with Gasteiger partial charge in [-0.3, -0.25) is 4.79 Å². The molecule has 0 unspecified atom stereocenters. The van der Waals surface area contributed by atoms with Crippen LogP contribution in [-0.2, 0) is 9.53 Å². The van der Waals surface area contributed by atoms with Crippen molar-refractivity contribution in [3.8, 4) is 0 Å². The number of nitrogens with zero attached hydrogens (tertiary/aromatic N) is 1. The molecule has 0 saturated carbocycles. The Balaban J connectivity index is 1.84. The van der Waals surface area contributed by atoms with Gasteiger partial charge >= 0.3 is 5.97 Å². The van der Waals surface area contributed by atoms with Gasteiger partial charge in [-0.25, -0.2) is 9.78 Å². The number of ether oxygens (including phenoxy) is 1. The highest BCUT2D eigenvalue weighted by Crippen LogP contribution is 2.13. The number of nitrogen functional groups attached to an aromatic ring is 1. The predicted octanol–water partition coefficient (Wildman–Crippen LogP) is 2.11. The Bertz CT molecular complexity index is 642. The monoisotopic (exact) mass is 305 g/mol. The molecule has 108 valence electrons. The molecule has 6 nitrogen and oxygen atoms in total. The van der Waals surface area contributed by atoms with Crippen LogP contribution in [0.1, 0.15) is 10.5 Å². The average Bonchev–Trinajstić information content (AvgIpc) is 2.48. The van der Waals surface area contributed by atoms with Gasteiger partial charge in [0.25, 0.3) is 5.91 Å². The molecule has 2 aromatic rings. The van der Waals surface area contributed by atoms with Crippen LogP contribution in [0.25, 0.3) is 0 Å².